The second-order valence-corrected chi connectivity index (χ2v) is 5.48. The number of hydrogen-bond acceptors (Lipinski definition) is 4. The summed E-state index contributed by atoms with van der Waals surface area (Å²) in [6, 6.07) is 12.6. The molecule has 0 amide bonds. The molecule has 3 N–H and O–H groups in total. The highest BCUT2D eigenvalue weighted by molar-refractivity contribution is 5.91. The number of carboxylic acid groups (broad SMARTS) is 1. The van der Waals surface area contributed by atoms with Crippen LogP contribution in [0, 0.1) is 17.1 Å². The third-order valence-corrected chi connectivity index (χ3v) is 3.92. The number of nitriles is 1. The maximum atomic E-state index is 13.1. The lowest BCUT2D eigenvalue weighted by Gasteiger charge is -2.20. The lowest BCUT2D eigenvalue weighted by molar-refractivity contribution is -0.132. The minimum Gasteiger partial charge on any atom is -0.506 e. The summed E-state index contributed by atoms with van der Waals surface area (Å²) in [6.45, 7) is 0. The number of hydrogen-bond donors (Lipinski definition) is 3. The van der Waals surface area contributed by atoms with Gasteiger partial charge in [0.25, 0.3) is 0 Å². The lowest BCUT2D eigenvalue weighted by Crippen LogP contribution is -2.21. The molecule has 1 aliphatic rings. The molecule has 0 saturated carbocycles. The van der Waals surface area contributed by atoms with E-state index in [9.17, 15) is 19.6 Å². The molecular formula is C19H13FN2O3. The Labute approximate surface area is 143 Å². The molecule has 0 aliphatic carbocycles. The van der Waals surface area contributed by atoms with Crippen LogP contribution in [0.2, 0.25) is 0 Å². The van der Waals surface area contributed by atoms with E-state index in [1.165, 1.54) is 24.4 Å². The van der Waals surface area contributed by atoms with Gasteiger partial charge in [0.2, 0.25) is 0 Å². The van der Waals surface area contributed by atoms with E-state index >= 15 is 0 Å². The third-order valence-electron chi connectivity index (χ3n) is 3.92. The molecule has 2 aromatic rings. The summed E-state index contributed by atoms with van der Waals surface area (Å²) >= 11 is 0. The third kappa shape index (κ3) is 3.21. The van der Waals surface area contributed by atoms with Crippen molar-refractivity contribution in [3.05, 3.63) is 83.0 Å². The zero-order valence-electron chi connectivity index (χ0n) is 12.9. The quantitative estimate of drug-likeness (QED) is 0.798. The van der Waals surface area contributed by atoms with Crippen LogP contribution in [0.3, 0.4) is 0 Å². The van der Waals surface area contributed by atoms with E-state index in [2.05, 4.69) is 11.4 Å². The molecule has 5 nitrogen and oxygen atoms in total. The van der Waals surface area contributed by atoms with E-state index in [-0.39, 0.29) is 17.1 Å². The molecule has 124 valence electrons. The summed E-state index contributed by atoms with van der Waals surface area (Å²) in [4.78, 5) is 11.2. The van der Waals surface area contributed by atoms with Crippen LogP contribution < -0.4 is 5.32 Å². The Morgan fingerprint density at radius 1 is 1.20 bits per heavy atom. The molecule has 0 fully saturated rings. The largest absolute Gasteiger partial charge is 0.506 e. The number of aliphatic hydroxyl groups is 1. The van der Waals surface area contributed by atoms with Crippen LogP contribution in [-0.4, -0.2) is 16.2 Å². The number of aliphatic hydroxyl groups excluding tert-OH is 1. The molecule has 0 saturated heterocycles. The lowest BCUT2D eigenvalue weighted by atomic mass is 9.94. The SMILES string of the molecule is N#Cc1cc([C@H]2C=C(C(=O)O)C(O)=CN2)ccc1-c1ccc(F)cc1. The molecular weight excluding hydrogens is 323 g/mol. The van der Waals surface area contributed by atoms with Crippen molar-refractivity contribution in [3.63, 3.8) is 0 Å². The zero-order valence-corrected chi connectivity index (χ0v) is 12.9. The Kier molecular flexibility index (Phi) is 4.23. The van der Waals surface area contributed by atoms with Crippen LogP contribution in [0.1, 0.15) is 17.2 Å². The maximum absolute atomic E-state index is 13.1. The molecule has 3 rings (SSSR count). The number of dihydropyridines is 1. The average molecular weight is 336 g/mol. The van der Waals surface area contributed by atoms with Gasteiger partial charge >= 0.3 is 5.97 Å². The standard InChI is InChI=1S/C19H13FN2O3/c20-14-4-1-11(2-5-14)15-6-3-12(7-13(15)9-21)17-8-16(19(24)25)18(23)10-22-17/h1-8,10,17,22-23H,(H,24,25)/t17-/m1/s1. The Morgan fingerprint density at radius 2 is 1.92 bits per heavy atom. The number of benzene rings is 2. The van der Waals surface area contributed by atoms with Crippen molar-refractivity contribution in [1.82, 2.24) is 5.32 Å². The predicted molar refractivity (Wildman–Crippen MR) is 88.9 cm³/mol. The Bertz CT molecular complexity index is 940. The summed E-state index contributed by atoms with van der Waals surface area (Å²) < 4.78 is 13.1. The smallest absolute Gasteiger partial charge is 0.339 e. The van der Waals surface area contributed by atoms with Gasteiger partial charge < -0.3 is 15.5 Å². The van der Waals surface area contributed by atoms with Gasteiger partial charge in [-0.3, -0.25) is 0 Å². The first-order chi connectivity index (χ1) is 12.0. The predicted octanol–water partition coefficient (Wildman–Crippen LogP) is 3.42. The highest BCUT2D eigenvalue weighted by Gasteiger charge is 2.21. The molecule has 0 spiro atoms. The van der Waals surface area contributed by atoms with Crippen molar-refractivity contribution in [3.8, 4) is 17.2 Å². The summed E-state index contributed by atoms with van der Waals surface area (Å²) in [5.74, 6) is -1.95. The molecule has 2 aromatic carbocycles. The topological polar surface area (TPSA) is 93.4 Å². The number of nitrogens with zero attached hydrogens (tertiary/aromatic N) is 1. The minimum atomic E-state index is -1.23. The van der Waals surface area contributed by atoms with Crippen molar-refractivity contribution in [2.45, 2.75) is 6.04 Å². The number of halogens is 1. The Balaban J connectivity index is 1.99. The highest BCUT2D eigenvalue weighted by atomic mass is 19.1. The summed E-state index contributed by atoms with van der Waals surface area (Å²) in [6.07, 6.45) is 2.60. The molecule has 6 heteroatoms. The van der Waals surface area contributed by atoms with Crippen molar-refractivity contribution >= 4 is 5.97 Å². The fourth-order valence-electron chi connectivity index (χ4n) is 2.65. The normalized spacial score (nSPS) is 16.2. The number of rotatable bonds is 3. The molecule has 1 aliphatic heterocycles. The van der Waals surface area contributed by atoms with Gasteiger partial charge in [0.1, 0.15) is 17.1 Å². The molecule has 1 heterocycles. The van der Waals surface area contributed by atoms with Gasteiger partial charge in [-0.2, -0.15) is 5.26 Å². The molecule has 1 atom stereocenters. The Hall–Kier alpha value is -3.59. The van der Waals surface area contributed by atoms with Gasteiger partial charge in [-0.1, -0.05) is 24.3 Å². The van der Waals surface area contributed by atoms with Crippen LogP contribution in [0.4, 0.5) is 4.39 Å². The fraction of sp³-hybridized carbons (Fsp3) is 0.0526. The number of nitrogens with one attached hydrogen (secondary N) is 1. The van der Waals surface area contributed by atoms with Crippen molar-refractivity contribution in [1.29, 1.82) is 5.26 Å². The van der Waals surface area contributed by atoms with Gasteiger partial charge in [-0.15, -0.1) is 0 Å². The first-order valence-electron chi connectivity index (χ1n) is 7.40. The van der Waals surface area contributed by atoms with Crippen molar-refractivity contribution < 1.29 is 19.4 Å². The Morgan fingerprint density at radius 3 is 2.56 bits per heavy atom. The summed E-state index contributed by atoms with van der Waals surface area (Å²) in [5.41, 5.74) is 2.22. The monoisotopic (exact) mass is 336 g/mol. The van der Waals surface area contributed by atoms with E-state index in [1.54, 1.807) is 30.3 Å². The average Bonchev–Trinajstić information content (AvgIpc) is 2.62. The van der Waals surface area contributed by atoms with Crippen LogP contribution in [0.15, 0.2) is 66.1 Å². The van der Waals surface area contributed by atoms with Crippen molar-refractivity contribution in [2.24, 2.45) is 0 Å². The van der Waals surface area contributed by atoms with Gasteiger partial charge in [0.05, 0.1) is 17.7 Å². The first kappa shape index (κ1) is 16.3. The van der Waals surface area contributed by atoms with Crippen LogP contribution in [0.25, 0.3) is 11.1 Å². The molecule has 25 heavy (non-hydrogen) atoms. The molecule has 0 aromatic heterocycles. The highest BCUT2D eigenvalue weighted by Crippen LogP contribution is 2.29. The van der Waals surface area contributed by atoms with Gasteiger partial charge in [0, 0.05) is 6.20 Å². The molecule has 0 bridgehead atoms. The maximum Gasteiger partial charge on any atom is 0.339 e. The second kappa shape index (κ2) is 6.49. The first-order valence-corrected chi connectivity index (χ1v) is 7.40. The second-order valence-electron chi connectivity index (χ2n) is 5.48. The van der Waals surface area contributed by atoms with E-state index in [1.807, 2.05) is 0 Å². The summed E-state index contributed by atoms with van der Waals surface area (Å²) in [7, 11) is 0. The van der Waals surface area contributed by atoms with E-state index < -0.39 is 12.0 Å². The summed E-state index contributed by atoms with van der Waals surface area (Å²) in [5, 5.41) is 31.0. The molecule has 0 unspecified atom stereocenters. The number of carboxylic acids is 1. The van der Waals surface area contributed by atoms with Gasteiger partial charge in [-0.05, 0) is 41.0 Å². The van der Waals surface area contributed by atoms with Crippen molar-refractivity contribution in [2.75, 3.05) is 0 Å². The zero-order chi connectivity index (χ0) is 18.0. The van der Waals surface area contributed by atoms with Gasteiger partial charge in [0.15, 0.2) is 0 Å². The molecule has 0 radical (unpaired) electrons. The van der Waals surface area contributed by atoms with E-state index in [0.29, 0.717) is 22.3 Å². The van der Waals surface area contributed by atoms with Crippen LogP contribution >= 0.6 is 0 Å². The number of carbonyl (C=O) groups is 1. The van der Waals surface area contributed by atoms with E-state index in [4.69, 9.17) is 5.11 Å². The van der Waals surface area contributed by atoms with Gasteiger partial charge in [-0.25, -0.2) is 9.18 Å². The fourth-order valence-corrected chi connectivity index (χ4v) is 2.65. The minimum absolute atomic E-state index is 0.204. The van der Waals surface area contributed by atoms with Crippen LogP contribution in [-0.2, 0) is 4.79 Å². The van der Waals surface area contributed by atoms with Crippen LogP contribution in [0.5, 0.6) is 0 Å². The van der Waals surface area contributed by atoms with E-state index in [0.717, 1.165) is 0 Å². The number of aliphatic carboxylic acids is 1.